The van der Waals surface area contributed by atoms with Crippen LogP contribution in [0.1, 0.15) is 32.3 Å². The highest BCUT2D eigenvalue weighted by Crippen LogP contribution is 2.32. The molecule has 4 heteroatoms. The summed E-state index contributed by atoms with van der Waals surface area (Å²) >= 11 is 5.64. The van der Waals surface area contributed by atoms with Gasteiger partial charge in [-0.2, -0.15) is 0 Å². The smallest absolute Gasteiger partial charge is 0.241 e. The Labute approximate surface area is 120 Å². The molecule has 0 atom stereocenters. The molecule has 1 rings (SSSR count). The van der Waals surface area contributed by atoms with E-state index in [2.05, 4.69) is 13.8 Å². The number of carbonyl (C=O) groups excluding carboxylic acids is 1. The van der Waals surface area contributed by atoms with Crippen molar-refractivity contribution in [2.75, 3.05) is 24.4 Å². The summed E-state index contributed by atoms with van der Waals surface area (Å²) in [5.74, 6) is 0.611. The number of ether oxygens (including phenoxy) is 1. The van der Waals surface area contributed by atoms with Crippen LogP contribution in [-0.2, 0) is 11.2 Å². The molecule has 0 aromatic heterocycles. The zero-order valence-corrected chi connectivity index (χ0v) is 12.7. The van der Waals surface area contributed by atoms with Crippen LogP contribution in [0.4, 0.5) is 5.69 Å². The fourth-order valence-corrected chi connectivity index (χ4v) is 2.07. The maximum atomic E-state index is 11.8. The van der Waals surface area contributed by atoms with Crippen molar-refractivity contribution in [3.8, 4) is 5.75 Å². The molecule has 0 N–H and O–H groups in total. The summed E-state index contributed by atoms with van der Waals surface area (Å²) < 4.78 is 5.80. The lowest BCUT2D eigenvalue weighted by Gasteiger charge is -2.23. The Hall–Kier alpha value is -1.22. The average Bonchev–Trinajstić information content (AvgIpc) is 2.45. The van der Waals surface area contributed by atoms with E-state index in [1.54, 1.807) is 11.9 Å². The van der Waals surface area contributed by atoms with Gasteiger partial charge in [0, 0.05) is 7.05 Å². The quantitative estimate of drug-likeness (QED) is 0.565. The molecule has 3 nitrogen and oxygen atoms in total. The van der Waals surface area contributed by atoms with Crippen molar-refractivity contribution in [2.45, 2.75) is 33.1 Å². The summed E-state index contributed by atoms with van der Waals surface area (Å²) in [5.41, 5.74) is 1.93. The highest BCUT2D eigenvalue weighted by molar-refractivity contribution is 6.29. The van der Waals surface area contributed by atoms with E-state index in [-0.39, 0.29) is 11.8 Å². The maximum Gasteiger partial charge on any atom is 0.241 e. The summed E-state index contributed by atoms with van der Waals surface area (Å²) in [5, 5.41) is 0. The number of nitrogens with zero attached hydrogens (tertiary/aromatic N) is 1. The minimum Gasteiger partial charge on any atom is -0.491 e. The molecule has 0 radical (unpaired) electrons. The van der Waals surface area contributed by atoms with Gasteiger partial charge < -0.3 is 9.64 Å². The van der Waals surface area contributed by atoms with Gasteiger partial charge >= 0.3 is 0 Å². The van der Waals surface area contributed by atoms with Crippen LogP contribution in [0, 0.1) is 0 Å². The molecule has 0 aliphatic rings. The van der Waals surface area contributed by atoms with Gasteiger partial charge in [-0.25, -0.2) is 0 Å². The Morgan fingerprint density at radius 2 is 2.11 bits per heavy atom. The molecule has 19 heavy (non-hydrogen) atoms. The Kier molecular flexibility index (Phi) is 6.71. The van der Waals surface area contributed by atoms with Crippen LogP contribution >= 0.6 is 11.6 Å². The molecule has 0 saturated heterocycles. The van der Waals surface area contributed by atoms with Gasteiger partial charge in [0.1, 0.15) is 11.6 Å². The van der Waals surface area contributed by atoms with Gasteiger partial charge in [0.25, 0.3) is 0 Å². The third-order valence-corrected chi connectivity index (χ3v) is 3.27. The van der Waals surface area contributed by atoms with Gasteiger partial charge in [-0.1, -0.05) is 32.4 Å². The number of para-hydroxylation sites is 1. The number of anilines is 1. The van der Waals surface area contributed by atoms with E-state index in [1.165, 1.54) is 0 Å². The molecule has 1 aromatic rings. The maximum absolute atomic E-state index is 11.8. The number of unbranched alkanes of at least 4 members (excludes halogenated alkanes) is 1. The van der Waals surface area contributed by atoms with Crippen molar-refractivity contribution in [1.29, 1.82) is 0 Å². The first-order chi connectivity index (χ1) is 9.15. The van der Waals surface area contributed by atoms with Crippen LogP contribution < -0.4 is 9.64 Å². The van der Waals surface area contributed by atoms with Crippen LogP contribution in [-0.4, -0.2) is 25.4 Å². The lowest BCUT2D eigenvalue weighted by molar-refractivity contribution is -0.116. The zero-order chi connectivity index (χ0) is 14.3. The fraction of sp³-hybridized carbons (Fsp3) is 0.533. The van der Waals surface area contributed by atoms with E-state index in [4.69, 9.17) is 16.3 Å². The first-order valence-corrected chi connectivity index (χ1v) is 7.26. The Bertz CT molecular complexity index is 421. The predicted molar refractivity (Wildman–Crippen MR) is 80.4 cm³/mol. The molecule has 1 aromatic carbocycles. The number of carbonyl (C=O) groups is 1. The summed E-state index contributed by atoms with van der Waals surface area (Å²) in [6.07, 6.45) is 2.93. The van der Waals surface area contributed by atoms with E-state index < -0.39 is 0 Å². The van der Waals surface area contributed by atoms with Crippen LogP contribution in [0.3, 0.4) is 0 Å². The SMILES string of the molecule is CCCCOc1cccc(CC)c1N(C)C(=O)CCl. The van der Waals surface area contributed by atoms with Crippen molar-refractivity contribution in [3.63, 3.8) is 0 Å². The minimum absolute atomic E-state index is 0.0249. The second kappa shape index (κ2) is 8.05. The van der Waals surface area contributed by atoms with E-state index in [9.17, 15) is 4.79 Å². The third kappa shape index (κ3) is 4.13. The van der Waals surface area contributed by atoms with Crippen molar-refractivity contribution >= 4 is 23.2 Å². The van der Waals surface area contributed by atoms with Gasteiger partial charge in [-0.05, 0) is 24.5 Å². The Morgan fingerprint density at radius 3 is 2.68 bits per heavy atom. The molecular weight excluding hydrogens is 262 g/mol. The average molecular weight is 284 g/mol. The molecule has 1 amide bonds. The monoisotopic (exact) mass is 283 g/mol. The first kappa shape index (κ1) is 15.8. The minimum atomic E-state index is -0.122. The van der Waals surface area contributed by atoms with Gasteiger partial charge in [0.15, 0.2) is 0 Å². The number of amides is 1. The standard InChI is InChI=1S/C15H22ClNO2/c1-4-6-10-19-13-9-7-8-12(5-2)15(13)17(3)14(18)11-16/h7-9H,4-6,10-11H2,1-3H3. The molecule has 0 fully saturated rings. The van der Waals surface area contributed by atoms with E-state index in [0.717, 1.165) is 36.3 Å². The van der Waals surface area contributed by atoms with Gasteiger partial charge in [-0.3, -0.25) is 4.79 Å². The summed E-state index contributed by atoms with van der Waals surface area (Å²) in [4.78, 5) is 13.4. The topological polar surface area (TPSA) is 29.5 Å². The van der Waals surface area contributed by atoms with E-state index in [0.29, 0.717) is 6.61 Å². The second-order valence-electron chi connectivity index (χ2n) is 4.41. The summed E-state index contributed by atoms with van der Waals surface area (Å²) in [6.45, 7) is 4.85. The van der Waals surface area contributed by atoms with Crippen LogP contribution in [0.25, 0.3) is 0 Å². The molecule has 0 saturated carbocycles. The Balaban J connectivity index is 3.05. The fourth-order valence-electron chi connectivity index (χ4n) is 1.89. The molecule has 0 aliphatic carbocycles. The van der Waals surface area contributed by atoms with Gasteiger partial charge in [-0.15, -0.1) is 11.6 Å². The number of halogens is 1. The van der Waals surface area contributed by atoms with E-state index >= 15 is 0 Å². The molecule has 0 heterocycles. The molecule has 106 valence electrons. The van der Waals surface area contributed by atoms with Crippen molar-refractivity contribution < 1.29 is 9.53 Å². The lowest BCUT2D eigenvalue weighted by atomic mass is 10.1. The number of hydrogen-bond donors (Lipinski definition) is 0. The van der Waals surface area contributed by atoms with Gasteiger partial charge in [0.05, 0.1) is 12.3 Å². The molecular formula is C15H22ClNO2. The molecule has 0 unspecified atom stereocenters. The first-order valence-electron chi connectivity index (χ1n) is 6.72. The second-order valence-corrected chi connectivity index (χ2v) is 4.67. The lowest BCUT2D eigenvalue weighted by Crippen LogP contribution is -2.28. The molecule has 0 bridgehead atoms. The zero-order valence-electron chi connectivity index (χ0n) is 11.9. The van der Waals surface area contributed by atoms with E-state index in [1.807, 2.05) is 18.2 Å². The number of aryl methyl sites for hydroxylation is 1. The number of benzene rings is 1. The number of alkyl halides is 1. The number of hydrogen-bond acceptors (Lipinski definition) is 2. The summed E-state index contributed by atoms with van der Waals surface area (Å²) in [7, 11) is 1.74. The number of rotatable bonds is 7. The summed E-state index contributed by atoms with van der Waals surface area (Å²) in [6, 6.07) is 5.88. The van der Waals surface area contributed by atoms with Crippen molar-refractivity contribution in [1.82, 2.24) is 0 Å². The highest BCUT2D eigenvalue weighted by Gasteiger charge is 2.17. The van der Waals surface area contributed by atoms with Crippen LogP contribution in [0.15, 0.2) is 18.2 Å². The van der Waals surface area contributed by atoms with Gasteiger partial charge in [0.2, 0.25) is 5.91 Å². The third-order valence-electron chi connectivity index (χ3n) is 3.04. The normalized spacial score (nSPS) is 10.3. The molecule has 0 spiro atoms. The highest BCUT2D eigenvalue weighted by atomic mass is 35.5. The van der Waals surface area contributed by atoms with Crippen LogP contribution in [0.5, 0.6) is 5.75 Å². The largest absolute Gasteiger partial charge is 0.491 e. The predicted octanol–water partition coefficient (Wildman–Crippen LogP) is 3.63. The van der Waals surface area contributed by atoms with Crippen LogP contribution in [0.2, 0.25) is 0 Å². The van der Waals surface area contributed by atoms with Crippen molar-refractivity contribution in [2.24, 2.45) is 0 Å². The molecule has 0 aliphatic heterocycles. The Morgan fingerprint density at radius 1 is 1.37 bits per heavy atom. The van der Waals surface area contributed by atoms with Crippen molar-refractivity contribution in [3.05, 3.63) is 23.8 Å².